The van der Waals surface area contributed by atoms with Gasteiger partial charge in [-0.3, -0.25) is 0 Å². The summed E-state index contributed by atoms with van der Waals surface area (Å²) in [4.78, 5) is 0. The van der Waals surface area contributed by atoms with Gasteiger partial charge in [-0.15, -0.1) is 0 Å². The van der Waals surface area contributed by atoms with E-state index in [4.69, 9.17) is 5.11 Å². The third-order valence-electron chi connectivity index (χ3n) is 0.812. The number of hydrogen-bond acceptors (Lipinski definition) is 1. The topological polar surface area (TPSA) is 20.2 Å². The van der Waals surface area contributed by atoms with Crippen LogP contribution in [0.3, 0.4) is 0 Å². The van der Waals surface area contributed by atoms with Gasteiger partial charge in [-0.25, -0.2) is 0 Å². The first-order chi connectivity index (χ1) is 5.87. The molecule has 0 heterocycles. The van der Waals surface area contributed by atoms with Gasteiger partial charge in [0.05, 0.1) is 21.1 Å². The van der Waals surface area contributed by atoms with Gasteiger partial charge >= 0.3 is 33.0 Å². The molecule has 0 radical (unpaired) electrons. The van der Waals surface area contributed by atoms with Crippen molar-refractivity contribution in [3.8, 4) is 0 Å². The predicted molar refractivity (Wildman–Crippen MR) is 48.1 cm³/mol. The monoisotopic (exact) mass is 263 g/mol. The molecule has 0 aliphatic rings. The summed E-state index contributed by atoms with van der Waals surface area (Å²) in [5.74, 6) is 0. The standard InChI is InChI=1S/C6H16NO.F6P/c1-6(8)5-7(2,3)4;1-7(2,3,4,5)6/h6,8H,5H2,1-4H3;/q+1;-1. The molecule has 0 rings (SSSR count). The van der Waals surface area contributed by atoms with Gasteiger partial charge in [0.15, 0.2) is 0 Å². The minimum atomic E-state index is -10.7. The molecule has 0 aliphatic carbocycles. The van der Waals surface area contributed by atoms with E-state index >= 15 is 0 Å². The van der Waals surface area contributed by atoms with Crippen molar-refractivity contribution in [2.45, 2.75) is 13.0 Å². The molecule has 9 heteroatoms. The molecule has 0 aliphatic heterocycles. The van der Waals surface area contributed by atoms with Crippen LogP contribution in [0.25, 0.3) is 0 Å². The van der Waals surface area contributed by atoms with Crippen molar-refractivity contribution < 1.29 is 34.8 Å². The van der Waals surface area contributed by atoms with Crippen LogP contribution in [-0.4, -0.2) is 43.4 Å². The fourth-order valence-electron chi connectivity index (χ4n) is 0.793. The number of rotatable bonds is 2. The van der Waals surface area contributed by atoms with Crippen LogP contribution in [0.4, 0.5) is 25.2 Å². The molecule has 98 valence electrons. The van der Waals surface area contributed by atoms with Crippen molar-refractivity contribution in [3.05, 3.63) is 0 Å². The Kier molecular flexibility index (Phi) is 4.33. The van der Waals surface area contributed by atoms with Crippen LogP contribution in [0.2, 0.25) is 0 Å². The molecule has 1 N–H and O–H groups in total. The predicted octanol–water partition coefficient (Wildman–Crippen LogP) is 3.46. The van der Waals surface area contributed by atoms with E-state index in [0.29, 0.717) is 0 Å². The molecule has 0 bridgehead atoms. The minimum absolute atomic E-state index is 0.185. The SMILES string of the molecule is CC(O)C[N+](C)(C)C.F[P-](F)(F)(F)(F)F. The van der Waals surface area contributed by atoms with Gasteiger partial charge in [0, 0.05) is 0 Å². The van der Waals surface area contributed by atoms with Crippen LogP contribution in [0, 0.1) is 0 Å². The summed E-state index contributed by atoms with van der Waals surface area (Å²) in [7, 11) is -4.47. The van der Waals surface area contributed by atoms with Crippen molar-refractivity contribution in [3.63, 3.8) is 0 Å². The van der Waals surface area contributed by atoms with E-state index < -0.39 is 7.81 Å². The van der Waals surface area contributed by atoms with Gasteiger partial charge in [-0.1, -0.05) is 0 Å². The summed E-state index contributed by atoms with van der Waals surface area (Å²) >= 11 is 0. The maximum absolute atomic E-state index is 10.7. The van der Waals surface area contributed by atoms with Crippen LogP contribution in [0.5, 0.6) is 0 Å². The van der Waals surface area contributed by atoms with E-state index in [0.717, 1.165) is 11.0 Å². The van der Waals surface area contributed by atoms with Gasteiger partial charge in [0.1, 0.15) is 12.6 Å². The Balaban J connectivity index is 0. The average Bonchev–Trinajstić information content (AvgIpc) is 1.41. The molecule has 0 saturated heterocycles. The Hall–Kier alpha value is -0.0700. The number of hydrogen-bond donors (Lipinski definition) is 1. The Morgan fingerprint density at radius 3 is 1.20 bits per heavy atom. The average molecular weight is 263 g/mol. The van der Waals surface area contributed by atoms with Crippen molar-refractivity contribution in [1.82, 2.24) is 0 Å². The van der Waals surface area contributed by atoms with Crippen LogP contribution < -0.4 is 0 Å². The zero-order valence-corrected chi connectivity index (χ0v) is 9.79. The zero-order chi connectivity index (χ0) is 13.2. The van der Waals surface area contributed by atoms with Gasteiger partial charge in [-0.05, 0) is 6.92 Å². The molecule has 0 saturated carbocycles. The quantitative estimate of drug-likeness (QED) is 0.459. The first-order valence-electron chi connectivity index (χ1n) is 3.92. The van der Waals surface area contributed by atoms with Crippen molar-refractivity contribution >= 4 is 7.81 Å². The number of nitrogens with zero attached hydrogens (tertiary/aromatic N) is 1. The summed E-state index contributed by atoms with van der Waals surface area (Å²) in [5, 5.41) is 8.87. The molecule has 0 aromatic carbocycles. The van der Waals surface area contributed by atoms with E-state index in [1.807, 2.05) is 6.92 Å². The fourth-order valence-corrected chi connectivity index (χ4v) is 0.793. The number of halogens is 6. The summed E-state index contributed by atoms with van der Waals surface area (Å²) in [6, 6.07) is 0. The van der Waals surface area contributed by atoms with E-state index in [-0.39, 0.29) is 6.10 Å². The van der Waals surface area contributed by atoms with E-state index in [1.54, 1.807) is 0 Å². The third-order valence-corrected chi connectivity index (χ3v) is 0.812. The second-order valence-electron chi connectivity index (χ2n) is 4.28. The molecular formula is C6H16F6NOP. The number of quaternary nitrogens is 1. The van der Waals surface area contributed by atoms with Crippen molar-refractivity contribution in [2.24, 2.45) is 0 Å². The van der Waals surface area contributed by atoms with E-state index in [1.165, 1.54) is 0 Å². The molecular weight excluding hydrogens is 247 g/mol. The molecule has 1 unspecified atom stereocenters. The number of aliphatic hydroxyl groups is 1. The van der Waals surface area contributed by atoms with E-state index in [2.05, 4.69) is 21.1 Å². The molecule has 0 spiro atoms. The maximum atomic E-state index is 9.87. The number of aliphatic hydroxyl groups excluding tert-OH is 1. The normalized spacial score (nSPS) is 19.4. The Labute approximate surface area is 84.3 Å². The molecule has 1 atom stereocenters. The van der Waals surface area contributed by atoms with Gasteiger partial charge in [-0.2, -0.15) is 0 Å². The molecule has 0 aromatic rings. The summed E-state index contributed by atoms with van der Waals surface area (Å²) in [6.45, 7) is 2.63. The van der Waals surface area contributed by atoms with Crippen LogP contribution in [0.15, 0.2) is 0 Å². The van der Waals surface area contributed by atoms with E-state index in [9.17, 15) is 25.2 Å². The first kappa shape index (κ1) is 17.3. The van der Waals surface area contributed by atoms with Crippen molar-refractivity contribution in [1.29, 1.82) is 0 Å². The molecule has 0 aromatic heterocycles. The summed E-state index contributed by atoms with van der Waals surface area (Å²) < 4.78 is 60.0. The summed E-state index contributed by atoms with van der Waals surface area (Å²) in [6.07, 6.45) is -0.185. The number of likely N-dealkylation sites (N-methyl/N-ethyl adjacent to an activating group) is 1. The Bertz CT molecular complexity index is 190. The molecule has 15 heavy (non-hydrogen) atoms. The molecule has 2 nitrogen and oxygen atoms in total. The van der Waals surface area contributed by atoms with Crippen LogP contribution >= 0.6 is 7.81 Å². The first-order valence-corrected chi connectivity index (χ1v) is 5.94. The zero-order valence-electron chi connectivity index (χ0n) is 8.89. The second kappa shape index (κ2) is 3.75. The summed E-state index contributed by atoms with van der Waals surface area (Å²) in [5.41, 5.74) is 0. The molecule has 0 fully saturated rings. The fraction of sp³-hybridized carbons (Fsp3) is 1.00. The van der Waals surface area contributed by atoms with Crippen molar-refractivity contribution in [2.75, 3.05) is 27.7 Å². The van der Waals surface area contributed by atoms with Crippen LogP contribution in [0.1, 0.15) is 6.92 Å². The second-order valence-corrected chi connectivity index (χ2v) is 6.20. The third kappa shape index (κ3) is 81.6. The van der Waals surface area contributed by atoms with Gasteiger partial charge in [0.25, 0.3) is 0 Å². The van der Waals surface area contributed by atoms with Gasteiger partial charge in [0.2, 0.25) is 0 Å². The Morgan fingerprint density at radius 1 is 1.00 bits per heavy atom. The van der Waals surface area contributed by atoms with Gasteiger partial charge < -0.3 is 9.59 Å². The molecule has 0 amide bonds. The Morgan fingerprint density at radius 2 is 1.20 bits per heavy atom. The van der Waals surface area contributed by atoms with Crippen LogP contribution in [-0.2, 0) is 0 Å².